The number of aryl methyl sites for hydroxylation is 1. The van der Waals surface area contributed by atoms with E-state index in [-0.39, 0.29) is 11.5 Å². The third kappa shape index (κ3) is 3.09. The van der Waals surface area contributed by atoms with Crippen molar-refractivity contribution >= 4 is 22.6 Å². The van der Waals surface area contributed by atoms with Gasteiger partial charge in [-0.15, -0.1) is 0 Å². The van der Waals surface area contributed by atoms with Gasteiger partial charge in [0.2, 0.25) is 0 Å². The standard InChI is InChI=1S/C18H22N2O3/c1-2-9-20-16-5-4-15(12-14(16)3-6-17(20)21)19-10-7-13(8-11-19)18(22)23/h3-6,12-13H,2,7-11H2,1H3,(H,22,23). The van der Waals surface area contributed by atoms with Crippen LogP contribution < -0.4 is 10.5 Å². The van der Waals surface area contributed by atoms with Crippen LogP contribution in [0.15, 0.2) is 35.1 Å². The molecular formula is C18H22N2O3. The second kappa shape index (κ2) is 6.44. The molecule has 2 aromatic rings. The van der Waals surface area contributed by atoms with Crippen LogP contribution in [-0.4, -0.2) is 28.7 Å². The lowest BCUT2D eigenvalue weighted by Crippen LogP contribution is -2.36. The lowest BCUT2D eigenvalue weighted by molar-refractivity contribution is -0.142. The third-order valence-corrected chi connectivity index (χ3v) is 4.63. The van der Waals surface area contributed by atoms with E-state index in [0.29, 0.717) is 12.8 Å². The number of aliphatic carboxylic acids is 1. The first-order valence-corrected chi connectivity index (χ1v) is 8.21. The smallest absolute Gasteiger partial charge is 0.306 e. The van der Waals surface area contributed by atoms with Crippen LogP contribution in [0.1, 0.15) is 26.2 Å². The minimum absolute atomic E-state index is 0.0365. The first-order chi connectivity index (χ1) is 11.1. The summed E-state index contributed by atoms with van der Waals surface area (Å²) in [5.41, 5.74) is 2.10. The van der Waals surface area contributed by atoms with Crippen molar-refractivity contribution in [3.63, 3.8) is 0 Å². The van der Waals surface area contributed by atoms with Crippen LogP contribution in [0, 0.1) is 5.92 Å². The fourth-order valence-corrected chi connectivity index (χ4v) is 3.33. The van der Waals surface area contributed by atoms with Crippen LogP contribution in [-0.2, 0) is 11.3 Å². The van der Waals surface area contributed by atoms with Crippen molar-refractivity contribution in [2.75, 3.05) is 18.0 Å². The minimum Gasteiger partial charge on any atom is -0.481 e. The molecule has 1 N–H and O–H groups in total. The van der Waals surface area contributed by atoms with Gasteiger partial charge in [0.05, 0.1) is 11.4 Å². The number of benzene rings is 1. The molecule has 0 unspecified atom stereocenters. The van der Waals surface area contributed by atoms with E-state index in [1.54, 1.807) is 6.07 Å². The molecule has 122 valence electrons. The summed E-state index contributed by atoms with van der Waals surface area (Å²) < 4.78 is 1.82. The third-order valence-electron chi connectivity index (χ3n) is 4.63. The maximum Gasteiger partial charge on any atom is 0.306 e. The van der Waals surface area contributed by atoms with Crippen molar-refractivity contribution in [3.05, 3.63) is 40.7 Å². The molecule has 5 nitrogen and oxygen atoms in total. The molecule has 0 saturated carbocycles. The van der Waals surface area contributed by atoms with Gasteiger partial charge in [0.1, 0.15) is 0 Å². The topological polar surface area (TPSA) is 62.5 Å². The Balaban J connectivity index is 1.88. The quantitative estimate of drug-likeness (QED) is 0.942. The van der Waals surface area contributed by atoms with Gasteiger partial charge in [0.15, 0.2) is 0 Å². The van der Waals surface area contributed by atoms with Gasteiger partial charge >= 0.3 is 5.97 Å². The molecule has 0 aliphatic carbocycles. The lowest BCUT2D eigenvalue weighted by Gasteiger charge is -2.32. The van der Waals surface area contributed by atoms with Gasteiger partial charge in [-0.3, -0.25) is 9.59 Å². The number of nitrogens with zero attached hydrogens (tertiary/aromatic N) is 2. The molecule has 0 bridgehead atoms. The second-order valence-corrected chi connectivity index (χ2v) is 6.17. The monoisotopic (exact) mass is 314 g/mol. The maximum atomic E-state index is 12.0. The van der Waals surface area contributed by atoms with Crippen LogP contribution in [0.4, 0.5) is 5.69 Å². The molecule has 2 heterocycles. The number of rotatable bonds is 4. The molecule has 0 radical (unpaired) electrons. The summed E-state index contributed by atoms with van der Waals surface area (Å²) in [6, 6.07) is 9.64. The van der Waals surface area contributed by atoms with E-state index in [4.69, 9.17) is 5.11 Å². The van der Waals surface area contributed by atoms with E-state index >= 15 is 0 Å². The predicted molar refractivity (Wildman–Crippen MR) is 91.1 cm³/mol. The number of carbonyl (C=O) groups is 1. The number of anilines is 1. The molecule has 1 aromatic heterocycles. The van der Waals surface area contributed by atoms with E-state index in [2.05, 4.69) is 17.9 Å². The van der Waals surface area contributed by atoms with Gasteiger partial charge in [-0.1, -0.05) is 6.92 Å². The fraction of sp³-hybridized carbons (Fsp3) is 0.444. The number of hydrogen-bond donors (Lipinski definition) is 1. The zero-order chi connectivity index (χ0) is 16.4. The highest BCUT2D eigenvalue weighted by atomic mass is 16.4. The van der Waals surface area contributed by atoms with E-state index in [9.17, 15) is 9.59 Å². The molecule has 0 amide bonds. The van der Waals surface area contributed by atoms with E-state index < -0.39 is 5.97 Å². The van der Waals surface area contributed by atoms with E-state index in [1.165, 1.54) is 0 Å². The average molecular weight is 314 g/mol. The Hall–Kier alpha value is -2.30. The second-order valence-electron chi connectivity index (χ2n) is 6.17. The van der Waals surface area contributed by atoms with Crippen LogP contribution in [0.2, 0.25) is 0 Å². The van der Waals surface area contributed by atoms with Gasteiger partial charge in [-0.05, 0) is 43.5 Å². The molecule has 0 atom stereocenters. The first-order valence-electron chi connectivity index (χ1n) is 8.21. The van der Waals surface area contributed by atoms with Gasteiger partial charge in [0.25, 0.3) is 5.56 Å². The fourth-order valence-electron chi connectivity index (χ4n) is 3.33. The normalized spacial score (nSPS) is 16.0. The molecule has 23 heavy (non-hydrogen) atoms. The SMILES string of the molecule is CCCn1c(=O)ccc2cc(N3CCC(C(=O)O)CC3)ccc21. The molecule has 1 aromatic carbocycles. The molecule has 5 heteroatoms. The van der Waals surface area contributed by atoms with E-state index in [1.807, 2.05) is 22.8 Å². The van der Waals surface area contributed by atoms with Crippen molar-refractivity contribution in [3.8, 4) is 0 Å². The molecule has 3 rings (SSSR count). The predicted octanol–water partition coefficient (Wildman–Crippen LogP) is 2.71. The van der Waals surface area contributed by atoms with E-state index in [0.717, 1.165) is 42.6 Å². The summed E-state index contributed by atoms with van der Waals surface area (Å²) >= 11 is 0. The largest absolute Gasteiger partial charge is 0.481 e. The molecule has 1 aliphatic rings. The lowest BCUT2D eigenvalue weighted by atomic mass is 9.96. The zero-order valence-electron chi connectivity index (χ0n) is 13.4. The van der Waals surface area contributed by atoms with Crippen LogP contribution in [0.25, 0.3) is 10.9 Å². The van der Waals surface area contributed by atoms with Crippen molar-refractivity contribution < 1.29 is 9.90 Å². The Bertz CT molecular complexity index is 773. The number of aromatic nitrogens is 1. The Morgan fingerprint density at radius 1 is 1.22 bits per heavy atom. The Kier molecular flexibility index (Phi) is 4.37. The molecular weight excluding hydrogens is 292 g/mol. The number of carboxylic acids is 1. The summed E-state index contributed by atoms with van der Waals surface area (Å²) in [6.45, 7) is 4.31. The summed E-state index contributed by atoms with van der Waals surface area (Å²) in [4.78, 5) is 25.3. The van der Waals surface area contributed by atoms with Crippen molar-refractivity contribution in [1.29, 1.82) is 0 Å². The van der Waals surface area contributed by atoms with Crippen LogP contribution in [0.3, 0.4) is 0 Å². The number of carboxylic acid groups (broad SMARTS) is 1. The Morgan fingerprint density at radius 2 is 1.96 bits per heavy atom. The number of pyridine rings is 1. The molecule has 0 spiro atoms. The highest BCUT2D eigenvalue weighted by molar-refractivity contribution is 5.83. The van der Waals surface area contributed by atoms with Crippen molar-refractivity contribution in [2.24, 2.45) is 5.92 Å². The average Bonchev–Trinajstić information content (AvgIpc) is 2.57. The summed E-state index contributed by atoms with van der Waals surface area (Å²) in [6.07, 6.45) is 2.29. The number of piperidine rings is 1. The Labute approximate surface area is 135 Å². The van der Waals surface area contributed by atoms with Crippen LogP contribution >= 0.6 is 0 Å². The summed E-state index contributed by atoms with van der Waals surface area (Å²) in [7, 11) is 0. The van der Waals surface area contributed by atoms with Gasteiger partial charge in [-0.25, -0.2) is 0 Å². The first kappa shape index (κ1) is 15.6. The van der Waals surface area contributed by atoms with Gasteiger partial charge in [-0.2, -0.15) is 0 Å². The zero-order valence-corrected chi connectivity index (χ0v) is 13.4. The van der Waals surface area contributed by atoms with Gasteiger partial charge in [0, 0.05) is 36.8 Å². The van der Waals surface area contributed by atoms with Crippen molar-refractivity contribution in [1.82, 2.24) is 4.57 Å². The van der Waals surface area contributed by atoms with Gasteiger partial charge < -0.3 is 14.6 Å². The minimum atomic E-state index is -0.688. The highest BCUT2D eigenvalue weighted by Crippen LogP contribution is 2.26. The molecule has 1 saturated heterocycles. The Morgan fingerprint density at radius 3 is 2.61 bits per heavy atom. The molecule has 1 aliphatic heterocycles. The summed E-state index contributed by atoms with van der Waals surface area (Å²) in [5, 5.41) is 10.1. The highest BCUT2D eigenvalue weighted by Gasteiger charge is 2.24. The summed E-state index contributed by atoms with van der Waals surface area (Å²) in [5.74, 6) is -0.909. The number of hydrogen-bond acceptors (Lipinski definition) is 3. The maximum absolute atomic E-state index is 12.0. The van der Waals surface area contributed by atoms with Crippen LogP contribution in [0.5, 0.6) is 0 Å². The van der Waals surface area contributed by atoms with Crippen molar-refractivity contribution in [2.45, 2.75) is 32.7 Å². The molecule has 1 fully saturated rings. The number of fused-ring (bicyclic) bond motifs is 1.